The maximum absolute atomic E-state index is 9.04. The number of nitrogens with one attached hydrogen (secondary N) is 1. The summed E-state index contributed by atoms with van der Waals surface area (Å²) in [6, 6.07) is 49.5. The third-order valence-corrected chi connectivity index (χ3v) is 9.07. The zero-order valence-corrected chi connectivity index (χ0v) is 25.0. The number of fused-ring (bicyclic) bond motifs is 5. The van der Waals surface area contributed by atoms with Gasteiger partial charge in [0.15, 0.2) is 11.7 Å². The van der Waals surface area contributed by atoms with Crippen molar-refractivity contribution >= 4 is 71.8 Å². The Morgan fingerprint density at radius 3 is 2.04 bits per heavy atom. The lowest BCUT2D eigenvalue weighted by atomic mass is 10.0. The lowest BCUT2D eigenvalue weighted by molar-refractivity contribution is 1.40. The zero-order chi connectivity index (χ0) is 30.2. The summed E-state index contributed by atoms with van der Waals surface area (Å²) in [5, 5.41) is 16.7. The van der Waals surface area contributed by atoms with E-state index >= 15 is 0 Å². The molecule has 0 saturated carbocycles. The maximum Gasteiger partial charge on any atom is 0.161 e. The maximum atomic E-state index is 9.04. The van der Waals surface area contributed by atoms with Gasteiger partial charge in [0.2, 0.25) is 0 Å². The highest BCUT2D eigenvalue weighted by atomic mass is 32.1. The van der Waals surface area contributed by atoms with Crippen LogP contribution < -0.4 is 0 Å². The Balaban J connectivity index is 1.18. The van der Waals surface area contributed by atoms with Crippen LogP contribution in [0.1, 0.15) is 16.7 Å². The molecule has 0 fully saturated rings. The van der Waals surface area contributed by atoms with Crippen LogP contribution in [-0.2, 0) is 0 Å². The fraction of sp³-hybridized carbons (Fsp3) is 0. The average Bonchev–Trinajstić information content (AvgIpc) is 3.55. The molecule has 1 N–H and O–H groups in total. The van der Waals surface area contributed by atoms with Gasteiger partial charge >= 0.3 is 0 Å². The third kappa shape index (κ3) is 5.30. The summed E-state index contributed by atoms with van der Waals surface area (Å²) < 4.78 is 1.14. The molecule has 4 nitrogen and oxygen atoms in total. The van der Waals surface area contributed by atoms with E-state index in [4.69, 9.17) is 20.4 Å². The number of benzene rings is 7. The second-order valence-corrected chi connectivity index (χ2v) is 12.0. The number of hydrogen-bond acceptors (Lipinski definition) is 3. The first-order valence-electron chi connectivity index (χ1n) is 14.8. The van der Waals surface area contributed by atoms with E-state index in [-0.39, 0.29) is 5.84 Å². The summed E-state index contributed by atoms with van der Waals surface area (Å²) in [7, 11) is 0. The summed E-state index contributed by atoms with van der Waals surface area (Å²) in [6.07, 6.45) is 1.83. The van der Waals surface area contributed by atoms with E-state index in [2.05, 4.69) is 84.9 Å². The Bertz CT molecular complexity index is 2460. The highest BCUT2D eigenvalue weighted by Gasteiger charge is 2.12. The molecule has 0 bridgehead atoms. The van der Waals surface area contributed by atoms with Crippen molar-refractivity contribution in [2.75, 3.05) is 0 Å². The minimum Gasteiger partial charge on any atom is -0.282 e. The van der Waals surface area contributed by atoms with Gasteiger partial charge in [-0.05, 0) is 56.8 Å². The highest BCUT2D eigenvalue weighted by molar-refractivity contribution is 7.21. The second-order valence-electron chi connectivity index (χ2n) is 10.9. The first-order chi connectivity index (χ1) is 22.2. The number of aliphatic imine (C=N–C) groups is 2. The lowest BCUT2D eigenvalue weighted by Crippen LogP contribution is -2.05. The number of rotatable bonds is 4. The predicted octanol–water partition coefficient (Wildman–Crippen LogP) is 10.3. The molecular weight excluding hydrogens is 569 g/mol. The molecule has 8 aromatic rings. The minimum atomic E-state index is 0.152. The fourth-order valence-electron chi connectivity index (χ4n) is 5.66. The van der Waals surface area contributed by atoms with Crippen molar-refractivity contribution in [2.45, 2.75) is 0 Å². The van der Waals surface area contributed by atoms with Crippen LogP contribution in [0.5, 0.6) is 0 Å². The van der Waals surface area contributed by atoms with Gasteiger partial charge in [-0.25, -0.2) is 15.0 Å². The molecule has 0 unspecified atom stereocenters. The van der Waals surface area contributed by atoms with Gasteiger partial charge in [-0.15, -0.1) is 11.3 Å². The van der Waals surface area contributed by atoms with Crippen molar-refractivity contribution in [2.24, 2.45) is 9.98 Å². The molecule has 0 saturated heterocycles. The molecule has 1 heterocycles. The third-order valence-electron chi connectivity index (χ3n) is 8.00. The van der Waals surface area contributed by atoms with Crippen LogP contribution >= 0.6 is 11.3 Å². The molecule has 45 heavy (non-hydrogen) atoms. The largest absolute Gasteiger partial charge is 0.282 e. The Morgan fingerprint density at radius 2 is 1.24 bits per heavy atom. The summed E-state index contributed by atoms with van der Waals surface area (Å²) in [4.78, 5) is 14.6. The molecule has 212 valence electrons. The first-order valence-corrected chi connectivity index (χ1v) is 15.6. The molecule has 1 aromatic heterocycles. The molecule has 0 radical (unpaired) electrons. The van der Waals surface area contributed by atoms with Gasteiger partial charge in [-0.2, -0.15) is 0 Å². The minimum absolute atomic E-state index is 0.152. The fourth-order valence-corrected chi connectivity index (χ4v) is 6.65. The average molecular weight is 595 g/mol. The first kappa shape index (κ1) is 26.8. The molecule has 0 aliphatic rings. The van der Waals surface area contributed by atoms with Gasteiger partial charge in [0.25, 0.3) is 0 Å². The number of aromatic nitrogens is 1. The standard InChI is InChI=1S/C40H26N4S/c41-38(33-18-20-35-32(24-33)19-21-36-37(35)43-40(45-36)29-10-2-1-3-11-29)44-39(34-17-16-28-9-5-7-13-31(28)23-34)42-25-26-14-15-27-8-4-6-12-30(27)22-26/h1-25,41H. The Hall–Kier alpha value is -5.78. The number of nitrogens with zero attached hydrogens (tertiary/aromatic N) is 3. The number of thiazole rings is 1. The van der Waals surface area contributed by atoms with E-state index < -0.39 is 0 Å². The van der Waals surface area contributed by atoms with Crippen molar-refractivity contribution in [1.29, 1.82) is 5.41 Å². The van der Waals surface area contributed by atoms with E-state index in [1.165, 1.54) is 5.39 Å². The van der Waals surface area contributed by atoms with Crippen LogP contribution in [0.3, 0.4) is 0 Å². The van der Waals surface area contributed by atoms with Crippen LogP contribution in [0.4, 0.5) is 0 Å². The molecule has 0 amide bonds. The summed E-state index contributed by atoms with van der Waals surface area (Å²) >= 11 is 1.70. The summed E-state index contributed by atoms with van der Waals surface area (Å²) in [6.45, 7) is 0. The van der Waals surface area contributed by atoms with Gasteiger partial charge in [-0.3, -0.25) is 5.41 Å². The zero-order valence-electron chi connectivity index (χ0n) is 24.2. The van der Waals surface area contributed by atoms with Crippen molar-refractivity contribution < 1.29 is 0 Å². The van der Waals surface area contributed by atoms with E-state index in [1.54, 1.807) is 11.3 Å². The number of amidine groups is 2. The molecule has 0 spiro atoms. The topological polar surface area (TPSA) is 61.5 Å². The van der Waals surface area contributed by atoms with Gasteiger partial charge in [0.1, 0.15) is 5.01 Å². The lowest BCUT2D eigenvalue weighted by Gasteiger charge is -2.07. The normalized spacial score (nSPS) is 12.1. The van der Waals surface area contributed by atoms with Crippen molar-refractivity contribution in [3.63, 3.8) is 0 Å². The molecule has 8 rings (SSSR count). The van der Waals surface area contributed by atoms with Crippen LogP contribution in [0.15, 0.2) is 156 Å². The Morgan fingerprint density at radius 1 is 0.600 bits per heavy atom. The second kappa shape index (κ2) is 11.4. The molecular formula is C40H26N4S. The van der Waals surface area contributed by atoms with Crippen molar-refractivity contribution in [3.8, 4) is 10.6 Å². The quantitative estimate of drug-likeness (QED) is 0.160. The monoisotopic (exact) mass is 594 g/mol. The predicted molar refractivity (Wildman–Crippen MR) is 191 cm³/mol. The smallest absolute Gasteiger partial charge is 0.161 e. The molecule has 0 aliphatic carbocycles. The van der Waals surface area contributed by atoms with E-state index in [1.807, 2.05) is 66.9 Å². The van der Waals surface area contributed by atoms with Gasteiger partial charge in [0.05, 0.1) is 10.2 Å². The SMILES string of the molecule is N=C(N=C(N=Cc1ccc2ccccc2c1)c1ccc2ccccc2c1)c1ccc2c(ccc3sc(-c4ccccc4)nc32)c1. The summed E-state index contributed by atoms with van der Waals surface area (Å²) in [5.74, 6) is 0.639. The highest BCUT2D eigenvalue weighted by Crippen LogP contribution is 2.34. The van der Waals surface area contributed by atoms with Crippen molar-refractivity contribution in [3.05, 3.63) is 162 Å². The molecule has 0 atom stereocenters. The van der Waals surface area contributed by atoms with Crippen LogP contribution in [0.25, 0.3) is 53.1 Å². The summed E-state index contributed by atoms with van der Waals surface area (Å²) in [5.41, 5.74) is 4.65. The molecule has 5 heteroatoms. The van der Waals surface area contributed by atoms with Crippen LogP contribution in [-0.4, -0.2) is 22.9 Å². The molecule has 0 aliphatic heterocycles. The van der Waals surface area contributed by atoms with E-state index in [0.717, 1.165) is 64.4 Å². The molecule has 7 aromatic carbocycles. The van der Waals surface area contributed by atoms with E-state index in [9.17, 15) is 0 Å². The van der Waals surface area contributed by atoms with E-state index in [0.29, 0.717) is 5.84 Å². The number of hydrogen-bond donors (Lipinski definition) is 1. The Kier molecular flexibility index (Phi) is 6.78. The van der Waals surface area contributed by atoms with Gasteiger partial charge < -0.3 is 0 Å². The van der Waals surface area contributed by atoms with Gasteiger partial charge in [0, 0.05) is 28.3 Å². The van der Waals surface area contributed by atoms with Crippen LogP contribution in [0.2, 0.25) is 0 Å². The Labute approximate surface area is 264 Å². The van der Waals surface area contributed by atoms with Gasteiger partial charge in [-0.1, -0.05) is 121 Å². The van der Waals surface area contributed by atoms with Crippen molar-refractivity contribution in [1.82, 2.24) is 4.98 Å². The van der Waals surface area contributed by atoms with Crippen LogP contribution in [0, 0.1) is 5.41 Å².